The van der Waals surface area contributed by atoms with Crippen LogP contribution in [0.25, 0.3) is 21.8 Å². The molecule has 0 spiro atoms. The van der Waals surface area contributed by atoms with Gasteiger partial charge in [-0.3, -0.25) is 9.78 Å². The van der Waals surface area contributed by atoms with Gasteiger partial charge >= 0.3 is 0 Å². The first-order valence-corrected chi connectivity index (χ1v) is 9.54. The van der Waals surface area contributed by atoms with Gasteiger partial charge in [0.25, 0.3) is 5.91 Å². The number of rotatable bonds is 4. The number of hydrogen-bond donors (Lipinski definition) is 2. The fourth-order valence-electron chi connectivity index (χ4n) is 3.45. The number of pyridine rings is 2. The first kappa shape index (κ1) is 17.9. The van der Waals surface area contributed by atoms with Crippen molar-refractivity contribution in [2.24, 2.45) is 0 Å². The molecule has 0 atom stereocenters. The Hall–Kier alpha value is -4.19. The fourth-order valence-corrected chi connectivity index (χ4v) is 3.45. The van der Waals surface area contributed by atoms with Crippen molar-refractivity contribution in [3.05, 3.63) is 90.4 Å². The van der Waals surface area contributed by atoms with Gasteiger partial charge in [0.15, 0.2) is 0 Å². The summed E-state index contributed by atoms with van der Waals surface area (Å²) < 4.78 is 6.16. The summed E-state index contributed by atoms with van der Waals surface area (Å²) in [5.41, 5.74) is 3.19. The van der Waals surface area contributed by atoms with E-state index < -0.39 is 0 Å². The van der Waals surface area contributed by atoms with Crippen molar-refractivity contribution >= 4 is 33.5 Å². The Morgan fingerprint density at radius 3 is 2.80 bits per heavy atom. The maximum Gasteiger partial charge on any atom is 0.257 e. The lowest BCUT2D eigenvalue weighted by Gasteiger charge is -2.12. The molecule has 5 rings (SSSR count). The van der Waals surface area contributed by atoms with Gasteiger partial charge in [0.05, 0.1) is 5.52 Å². The number of hydrogen-bond acceptors (Lipinski definition) is 4. The van der Waals surface area contributed by atoms with Crippen LogP contribution < -0.4 is 10.1 Å². The molecule has 0 bridgehead atoms. The van der Waals surface area contributed by atoms with Crippen LogP contribution in [-0.4, -0.2) is 20.9 Å². The molecule has 2 N–H and O–H groups in total. The largest absolute Gasteiger partial charge is 0.457 e. The third-order valence-corrected chi connectivity index (χ3v) is 4.95. The monoisotopic (exact) mass is 394 g/mol. The highest BCUT2D eigenvalue weighted by Crippen LogP contribution is 2.32. The molecule has 5 aromatic rings. The summed E-state index contributed by atoms with van der Waals surface area (Å²) in [4.78, 5) is 24.6. The quantitative estimate of drug-likeness (QED) is 0.424. The molecule has 2 aromatic carbocycles. The predicted octanol–water partition coefficient (Wildman–Crippen LogP) is 5.46. The third-order valence-electron chi connectivity index (χ3n) is 4.95. The van der Waals surface area contributed by atoms with Crippen LogP contribution in [0.3, 0.4) is 0 Å². The van der Waals surface area contributed by atoms with E-state index in [-0.39, 0.29) is 5.91 Å². The normalized spacial score (nSPS) is 11.0. The minimum Gasteiger partial charge on any atom is -0.457 e. The maximum absolute atomic E-state index is 12.8. The van der Waals surface area contributed by atoms with Crippen LogP contribution in [0.2, 0.25) is 0 Å². The van der Waals surface area contributed by atoms with Gasteiger partial charge in [0.2, 0.25) is 0 Å². The molecule has 6 heteroatoms. The number of aromatic amines is 1. The van der Waals surface area contributed by atoms with Gasteiger partial charge in [0.1, 0.15) is 17.3 Å². The summed E-state index contributed by atoms with van der Waals surface area (Å²) in [7, 11) is 0. The lowest BCUT2D eigenvalue weighted by molar-refractivity contribution is 0.102. The van der Waals surface area contributed by atoms with E-state index in [4.69, 9.17) is 4.74 Å². The number of anilines is 1. The molecule has 30 heavy (non-hydrogen) atoms. The second-order valence-corrected chi connectivity index (χ2v) is 6.99. The zero-order valence-corrected chi connectivity index (χ0v) is 16.2. The Bertz CT molecular complexity index is 1380. The number of ether oxygens (including phenoxy) is 1. The highest BCUT2D eigenvalue weighted by atomic mass is 16.5. The number of aryl methyl sites for hydroxylation is 1. The van der Waals surface area contributed by atoms with Crippen molar-refractivity contribution in [3.63, 3.8) is 0 Å². The zero-order chi connectivity index (χ0) is 20.5. The number of H-pyrrole nitrogens is 1. The van der Waals surface area contributed by atoms with Gasteiger partial charge in [-0.1, -0.05) is 6.07 Å². The Morgan fingerprint density at radius 1 is 1.00 bits per heavy atom. The van der Waals surface area contributed by atoms with Crippen molar-refractivity contribution in [1.29, 1.82) is 0 Å². The standard InChI is InChI=1S/C24H18N4O2/c1-15-12-21-19(14-18(15)24(29)28-23-4-2-3-9-27-23)22(8-11-26-21)30-17-5-6-20-16(13-17)7-10-25-20/h2-14,25H,1H3,(H,27,28,29). The number of carbonyl (C=O) groups is 1. The molecule has 3 aromatic heterocycles. The summed E-state index contributed by atoms with van der Waals surface area (Å²) in [6.07, 6.45) is 5.24. The van der Waals surface area contributed by atoms with Crippen molar-refractivity contribution in [1.82, 2.24) is 15.0 Å². The van der Waals surface area contributed by atoms with Gasteiger partial charge < -0.3 is 15.0 Å². The van der Waals surface area contributed by atoms with Gasteiger partial charge in [-0.2, -0.15) is 0 Å². The van der Waals surface area contributed by atoms with Gasteiger partial charge in [-0.25, -0.2) is 4.98 Å². The number of benzene rings is 2. The Kier molecular flexibility index (Phi) is 4.37. The Labute approximate surface area is 172 Å². The molecular weight excluding hydrogens is 376 g/mol. The molecule has 0 saturated carbocycles. The molecule has 0 aliphatic rings. The van der Waals surface area contributed by atoms with E-state index in [0.29, 0.717) is 17.1 Å². The molecule has 3 heterocycles. The Balaban J connectivity index is 1.52. The highest BCUT2D eigenvalue weighted by Gasteiger charge is 2.14. The van der Waals surface area contributed by atoms with E-state index in [1.54, 1.807) is 30.6 Å². The number of aromatic nitrogens is 3. The van der Waals surface area contributed by atoms with Crippen LogP contribution >= 0.6 is 0 Å². The molecule has 0 aliphatic heterocycles. The number of carbonyl (C=O) groups excluding carboxylic acids is 1. The van der Waals surface area contributed by atoms with Crippen LogP contribution in [0.1, 0.15) is 15.9 Å². The molecular formula is C24H18N4O2. The second-order valence-electron chi connectivity index (χ2n) is 6.99. The Morgan fingerprint density at radius 2 is 1.93 bits per heavy atom. The highest BCUT2D eigenvalue weighted by molar-refractivity contribution is 6.07. The molecule has 0 fully saturated rings. The van der Waals surface area contributed by atoms with E-state index in [2.05, 4.69) is 20.3 Å². The lowest BCUT2D eigenvalue weighted by atomic mass is 10.0. The SMILES string of the molecule is Cc1cc2nccc(Oc3ccc4[nH]ccc4c3)c2cc1C(=O)Nc1ccccn1. The van der Waals surface area contributed by atoms with E-state index in [1.165, 1.54) is 0 Å². The van der Waals surface area contributed by atoms with Crippen molar-refractivity contribution in [2.45, 2.75) is 6.92 Å². The summed E-state index contributed by atoms with van der Waals surface area (Å²) in [5, 5.41) is 4.67. The van der Waals surface area contributed by atoms with Crippen LogP contribution in [0.4, 0.5) is 5.82 Å². The molecule has 1 amide bonds. The van der Waals surface area contributed by atoms with E-state index in [9.17, 15) is 4.79 Å². The average Bonchev–Trinajstić information content (AvgIpc) is 3.22. The molecule has 0 saturated heterocycles. The lowest BCUT2D eigenvalue weighted by Crippen LogP contribution is -2.14. The maximum atomic E-state index is 12.8. The average molecular weight is 394 g/mol. The van der Waals surface area contributed by atoms with Crippen molar-refractivity contribution in [2.75, 3.05) is 5.32 Å². The van der Waals surface area contributed by atoms with Gasteiger partial charge in [-0.05, 0) is 67.1 Å². The van der Waals surface area contributed by atoms with Gasteiger partial charge in [-0.15, -0.1) is 0 Å². The van der Waals surface area contributed by atoms with E-state index in [0.717, 1.165) is 33.1 Å². The summed E-state index contributed by atoms with van der Waals surface area (Å²) in [6.45, 7) is 1.89. The zero-order valence-electron chi connectivity index (χ0n) is 16.2. The molecule has 6 nitrogen and oxygen atoms in total. The number of amides is 1. The first-order valence-electron chi connectivity index (χ1n) is 9.54. The minimum atomic E-state index is -0.225. The number of nitrogens with zero attached hydrogens (tertiary/aromatic N) is 2. The van der Waals surface area contributed by atoms with Crippen molar-refractivity contribution < 1.29 is 9.53 Å². The topological polar surface area (TPSA) is 79.9 Å². The molecule has 0 radical (unpaired) electrons. The van der Waals surface area contributed by atoms with Gasteiger partial charge in [0, 0.05) is 40.4 Å². The number of fused-ring (bicyclic) bond motifs is 2. The van der Waals surface area contributed by atoms with Crippen LogP contribution in [0, 0.1) is 6.92 Å². The fraction of sp³-hybridized carbons (Fsp3) is 0.0417. The van der Waals surface area contributed by atoms with Crippen LogP contribution in [0.15, 0.2) is 79.3 Å². The van der Waals surface area contributed by atoms with Crippen LogP contribution in [-0.2, 0) is 0 Å². The van der Waals surface area contributed by atoms with Crippen LogP contribution in [0.5, 0.6) is 11.5 Å². The predicted molar refractivity (Wildman–Crippen MR) is 117 cm³/mol. The molecule has 0 unspecified atom stereocenters. The first-order chi connectivity index (χ1) is 14.7. The number of nitrogens with one attached hydrogen (secondary N) is 2. The summed E-state index contributed by atoms with van der Waals surface area (Å²) >= 11 is 0. The third kappa shape index (κ3) is 3.35. The second kappa shape index (κ2) is 7.33. The molecule has 146 valence electrons. The van der Waals surface area contributed by atoms with Crippen molar-refractivity contribution in [3.8, 4) is 11.5 Å². The van der Waals surface area contributed by atoms with E-state index in [1.807, 2.05) is 55.6 Å². The van der Waals surface area contributed by atoms with E-state index >= 15 is 0 Å². The minimum absolute atomic E-state index is 0.225. The molecule has 0 aliphatic carbocycles. The summed E-state index contributed by atoms with van der Waals surface area (Å²) in [6, 6.07) is 18.8. The summed E-state index contributed by atoms with van der Waals surface area (Å²) in [5.74, 6) is 1.64. The smallest absolute Gasteiger partial charge is 0.257 e.